The number of nitrogens with zero attached hydrogens (tertiary/aromatic N) is 2. The number of carbonyl (C=O) groups is 1. The van der Waals surface area contributed by atoms with Crippen molar-refractivity contribution in [1.29, 1.82) is 0 Å². The summed E-state index contributed by atoms with van der Waals surface area (Å²) in [5.74, 6) is 0.142. The van der Waals surface area contributed by atoms with Gasteiger partial charge in [-0.2, -0.15) is 0 Å². The number of hydrogen-bond donors (Lipinski definition) is 1. The van der Waals surface area contributed by atoms with E-state index in [9.17, 15) is 14.9 Å². The summed E-state index contributed by atoms with van der Waals surface area (Å²) in [6.07, 6.45) is 0. The number of nitrogens with one attached hydrogen (secondary N) is 1. The predicted octanol–water partition coefficient (Wildman–Crippen LogP) is 5.26. The van der Waals surface area contributed by atoms with Gasteiger partial charge in [-0.3, -0.25) is 14.9 Å². The number of halogens is 1. The zero-order valence-corrected chi connectivity index (χ0v) is 16.4. The summed E-state index contributed by atoms with van der Waals surface area (Å²) >= 11 is 2.23. The van der Waals surface area contributed by atoms with E-state index in [1.807, 2.05) is 24.3 Å². The summed E-state index contributed by atoms with van der Waals surface area (Å²) in [6, 6.07) is 18.4. The molecule has 0 bridgehead atoms. The number of rotatable bonds is 4. The first kappa shape index (κ1) is 18.1. The van der Waals surface area contributed by atoms with Gasteiger partial charge in [-0.1, -0.05) is 6.07 Å². The highest BCUT2D eigenvalue weighted by Crippen LogP contribution is 2.27. The van der Waals surface area contributed by atoms with Gasteiger partial charge in [-0.15, -0.1) is 0 Å². The van der Waals surface area contributed by atoms with Crippen molar-refractivity contribution in [2.75, 3.05) is 5.32 Å². The molecule has 0 saturated carbocycles. The van der Waals surface area contributed by atoms with Crippen LogP contribution in [0.2, 0.25) is 0 Å². The number of nitro benzene ring substituents is 1. The molecule has 8 heteroatoms. The Bertz CT molecular complexity index is 1200. The van der Waals surface area contributed by atoms with Crippen LogP contribution < -0.4 is 5.32 Å². The fourth-order valence-corrected chi connectivity index (χ4v) is 3.23. The quantitative estimate of drug-likeness (QED) is 0.242. The van der Waals surface area contributed by atoms with Crippen molar-refractivity contribution in [2.45, 2.75) is 0 Å². The van der Waals surface area contributed by atoms with Crippen molar-refractivity contribution in [1.82, 2.24) is 4.98 Å². The Morgan fingerprint density at radius 3 is 2.57 bits per heavy atom. The summed E-state index contributed by atoms with van der Waals surface area (Å²) in [6.45, 7) is 0. The molecule has 4 aromatic rings. The lowest BCUT2D eigenvalue weighted by atomic mass is 10.2. The van der Waals surface area contributed by atoms with Gasteiger partial charge in [0.05, 0.1) is 4.92 Å². The Kier molecular flexibility index (Phi) is 4.78. The Morgan fingerprint density at radius 2 is 1.86 bits per heavy atom. The Labute approximate surface area is 172 Å². The molecule has 138 valence electrons. The lowest BCUT2D eigenvalue weighted by Crippen LogP contribution is -2.11. The molecular weight excluding hydrogens is 473 g/mol. The second-order valence-corrected chi connectivity index (χ2v) is 7.22. The third-order valence-electron chi connectivity index (χ3n) is 4.06. The highest BCUT2D eigenvalue weighted by molar-refractivity contribution is 14.1. The van der Waals surface area contributed by atoms with E-state index in [-0.39, 0.29) is 11.6 Å². The van der Waals surface area contributed by atoms with Gasteiger partial charge in [0.15, 0.2) is 5.58 Å². The van der Waals surface area contributed by atoms with Crippen molar-refractivity contribution < 1.29 is 14.1 Å². The SMILES string of the molecule is O=C(Nc1ccc2oc(-c3cccc(I)c3)nc2c1)c1ccc([N+](=O)[O-])cc1. The van der Waals surface area contributed by atoms with E-state index in [2.05, 4.69) is 32.9 Å². The Balaban J connectivity index is 1.57. The van der Waals surface area contributed by atoms with Gasteiger partial charge in [0.25, 0.3) is 11.6 Å². The summed E-state index contributed by atoms with van der Waals surface area (Å²) in [7, 11) is 0. The largest absolute Gasteiger partial charge is 0.436 e. The van der Waals surface area contributed by atoms with Gasteiger partial charge >= 0.3 is 0 Å². The Morgan fingerprint density at radius 1 is 1.07 bits per heavy atom. The van der Waals surface area contributed by atoms with E-state index < -0.39 is 4.92 Å². The van der Waals surface area contributed by atoms with Crippen LogP contribution in [0.5, 0.6) is 0 Å². The van der Waals surface area contributed by atoms with Crippen LogP contribution in [0.3, 0.4) is 0 Å². The number of nitro groups is 1. The minimum Gasteiger partial charge on any atom is -0.436 e. The number of carbonyl (C=O) groups excluding carboxylic acids is 1. The first-order valence-corrected chi connectivity index (χ1v) is 9.30. The van der Waals surface area contributed by atoms with Crippen LogP contribution in [0.4, 0.5) is 11.4 Å². The number of fused-ring (bicyclic) bond motifs is 1. The topological polar surface area (TPSA) is 98.3 Å². The molecule has 4 rings (SSSR count). The summed E-state index contributed by atoms with van der Waals surface area (Å²) in [5.41, 5.74) is 2.92. The molecule has 0 atom stereocenters. The van der Waals surface area contributed by atoms with Crippen LogP contribution in [-0.2, 0) is 0 Å². The summed E-state index contributed by atoms with van der Waals surface area (Å²) in [4.78, 5) is 27.1. The van der Waals surface area contributed by atoms with Crippen molar-refractivity contribution in [3.05, 3.63) is 86.0 Å². The predicted molar refractivity (Wildman–Crippen MR) is 113 cm³/mol. The smallest absolute Gasteiger partial charge is 0.269 e. The number of anilines is 1. The zero-order chi connectivity index (χ0) is 19.7. The highest BCUT2D eigenvalue weighted by Gasteiger charge is 2.12. The zero-order valence-electron chi connectivity index (χ0n) is 14.3. The first-order valence-electron chi connectivity index (χ1n) is 8.22. The molecule has 28 heavy (non-hydrogen) atoms. The van der Waals surface area contributed by atoms with Crippen LogP contribution in [0.15, 0.2) is 71.1 Å². The molecule has 0 fully saturated rings. The normalized spacial score (nSPS) is 10.8. The lowest BCUT2D eigenvalue weighted by Gasteiger charge is -2.04. The van der Waals surface area contributed by atoms with Crippen molar-refractivity contribution >= 4 is 51.0 Å². The molecule has 0 aliphatic heterocycles. The average Bonchev–Trinajstić information content (AvgIpc) is 3.11. The Hall–Kier alpha value is -3.27. The van der Waals surface area contributed by atoms with Gasteiger partial charge in [-0.05, 0) is 71.1 Å². The fourth-order valence-electron chi connectivity index (χ4n) is 2.69. The maximum absolute atomic E-state index is 12.4. The van der Waals surface area contributed by atoms with E-state index in [0.29, 0.717) is 28.2 Å². The lowest BCUT2D eigenvalue weighted by molar-refractivity contribution is -0.384. The van der Waals surface area contributed by atoms with Crippen LogP contribution >= 0.6 is 22.6 Å². The van der Waals surface area contributed by atoms with E-state index in [1.165, 1.54) is 24.3 Å². The maximum atomic E-state index is 12.4. The minimum absolute atomic E-state index is 0.0660. The van der Waals surface area contributed by atoms with E-state index in [0.717, 1.165) is 9.13 Å². The summed E-state index contributed by atoms with van der Waals surface area (Å²) < 4.78 is 6.88. The molecule has 1 N–H and O–H groups in total. The second-order valence-electron chi connectivity index (χ2n) is 5.97. The second kappa shape index (κ2) is 7.39. The number of non-ortho nitro benzene ring substituents is 1. The summed E-state index contributed by atoms with van der Waals surface area (Å²) in [5, 5.41) is 13.5. The van der Waals surface area contributed by atoms with Gasteiger partial charge < -0.3 is 9.73 Å². The van der Waals surface area contributed by atoms with Crippen LogP contribution in [0.1, 0.15) is 10.4 Å². The maximum Gasteiger partial charge on any atom is 0.269 e. The molecular formula is C20H12IN3O4. The van der Waals surface area contributed by atoms with Gasteiger partial charge in [0, 0.05) is 32.5 Å². The van der Waals surface area contributed by atoms with E-state index >= 15 is 0 Å². The number of benzene rings is 3. The number of oxazole rings is 1. The number of aromatic nitrogens is 1. The molecule has 1 heterocycles. The average molecular weight is 485 g/mol. The molecule has 0 unspecified atom stereocenters. The van der Waals surface area contributed by atoms with E-state index in [4.69, 9.17) is 4.42 Å². The first-order chi connectivity index (χ1) is 13.5. The van der Waals surface area contributed by atoms with E-state index in [1.54, 1.807) is 18.2 Å². The van der Waals surface area contributed by atoms with Crippen LogP contribution in [0, 0.1) is 13.7 Å². The molecule has 0 saturated heterocycles. The highest BCUT2D eigenvalue weighted by atomic mass is 127. The fraction of sp³-hybridized carbons (Fsp3) is 0. The monoisotopic (exact) mass is 485 g/mol. The molecule has 7 nitrogen and oxygen atoms in total. The number of hydrogen-bond acceptors (Lipinski definition) is 5. The molecule has 0 radical (unpaired) electrons. The molecule has 0 aliphatic rings. The van der Waals surface area contributed by atoms with Crippen LogP contribution in [0.25, 0.3) is 22.6 Å². The van der Waals surface area contributed by atoms with Crippen molar-refractivity contribution in [3.63, 3.8) is 0 Å². The minimum atomic E-state index is -0.508. The molecule has 0 aliphatic carbocycles. The van der Waals surface area contributed by atoms with Gasteiger partial charge in [0.1, 0.15) is 5.52 Å². The van der Waals surface area contributed by atoms with Crippen molar-refractivity contribution in [3.8, 4) is 11.5 Å². The van der Waals surface area contributed by atoms with Crippen molar-refractivity contribution in [2.24, 2.45) is 0 Å². The number of amides is 1. The van der Waals surface area contributed by atoms with Gasteiger partial charge in [0.2, 0.25) is 5.89 Å². The van der Waals surface area contributed by atoms with Crippen LogP contribution in [-0.4, -0.2) is 15.8 Å². The standard InChI is InChI=1S/C20H12IN3O4/c21-14-3-1-2-13(10-14)20-23-17-11-15(6-9-18(17)28-20)22-19(25)12-4-7-16(8-5-12)24(26)27/h1-11H,(H,22,25). The molecule has 0 spiro atoms. The van der Waals surface area contributed by atoms with Gasteiger partial charge in [-0.25, -0.2) is 4.98 Å². The molecule has 1 amide bonds. The third-order valence-corrected chi connectivity index (χ3v) is 4.73. The molecule has 3 aromatic carbocycles. The third kappa shape index (κ3) is 3.72. The molecule has 1 aromatic heterocycles.